The number of nitrogens with one attached hydrogen (secondary N) is 3. The molecule has 0 aliphatic heterocycles. The largest absolute Gasteiger partial charge is 1.00 e. The minimum absolute atomic E-state index is 0. The van der Waals surface area contributed by atoms with Crippen LogP contribution in [0, 0.1) is 0 Å². The van der Waals surface area contributed by atoms with Crippen LogP contribution in [0.4, 0.5) is 0 Å². The molecule has 1 heterocycles. The number of rotatable bonds is 0. The fourth-order valence-electron chi connectivity index (χ4n) is 0.403. The molecule has 1 aromatic heterocycles. The molecule has 66 valence electrons. The second kappa shape index (κ2) is 7.00. The molecule has 7 N–H and O–H groups in total. The Morgan fingerprint density at radius 3 is 1.08 bits per heavy atom. The number of hydrogen-bond donors (Lipinski definition) is 3. The Balaban J connectivity index is -0.000000101. The van der Waals surface area contributed by atoms with Crippen LogP contribution in [0.15, 0.2) is 14.4 Å². The third-order valence-corrected chi connectivity index (χ3v) is 0.681. The van der Waals surface area contributed by atoms with Crippen molar-refractivity contribution < 1.29 is 41.9 Å². The summed E-state index contributed by atoms with van der Waals surface area (Å²) < 4.78 is 0. The molecular weight excluding hydrogens is 181 g/mol. The number of aromatic nitrogens is 3. The summed E-state index contributed by atoms with van der Waals surface area (Å²) >= 11 is 0. The van der Waals surface area contributed by atoms with Crippen molar-refractivity contribution in [2.45, 2.75) is 0 Å². The van der Waals surface area contributed by atoms with Gasteiger partial charge in [0.1, 0.15) is 0 Å². The predicted octanol–water partition coefficient (Wildman–Crippen LogP) is -6.78. The summed E-state index contributed by atoms with van der Waals surface area (Å²) in [5.74, 6) is 0. The minimum atomic E-state index is -0.802. The van der Waals surface area contributed by atoms with Crippen LogP contribution in [-0.2, 0) is 0 Å². The molecule has 12 heavy (non-hydrogen) atoms. The van der Waals surface area contributed by atoms with Gasteiger partial charge in [-0.05, 0) is 0 Å². The average Bonchev–Trinajstić information content (AvgIpc) is 1.59. The molecule has 0 aromatic carbocycles. The van der Waals surface area contributed by atoms with Gasteiger partial charge in [0.2, 0.25) is 0 Å². The van der Waals surface area contributed by atoms with E-state index in [1.807, 2.05) is 0 Å². The Bertz CT molecular complexity index is 290. The molecule has 1 aromatic rings. The van der Waals surface area contributed by atoms with Crippen molar-refractivity contribution in [1.29, 1.82) is 0 Å². The van der Waals surface area contributed by atoms with E-state index >= 15 is 0 Å². The average molecular weight is 189 g/mol. The maximum Gasteiger partial charge on any atom is 1.00 e. The Morgan fingerprint density at radius 2 is 0.917 bits per heavy atom. The van der Waals surface area contributed by atoms with E-state index in [0.29, 0.717) is 0 Å². The molecule has 0 bridgehead atoms. The molecule has 0 radical (unpaired) electrons. The van der Waals surface area contributed by atoms with Gasteiger partial charge >= 0.3 is 46.6 Å². The van der Waals surface area contributed by atoms with Crippen molar-refractivity contribution in [3.8, 4) is 0 Å². The van der Waals surface area contributed by atoms with Crippen LogP contribution in [-0.4, -0.2) is 25.9 Å². The zero-order chi connectivity index (χ0) is 6.85. The Morgan fingerprint density at radius 1 is 0.750 bits per heavy atom. The Hall–Kier alpha value is -0.670. The molecule has 0 saturated carbocycles. The van der Waals surface area contributed by atoms with E-state index in [1.54, 1.807) is 15.0 Å². The maximum absolute atomic E-state index is 10.2. The molecule has 0 amide bonds. The van der Waals surface area contributed by atoms with Crippen LogP contribution in [0.3, 0.4) is 0 Å². The summed E-state index contributed by atoms with van der Waals surface area (Å²) in [4.78, 5) is 35.9. The third-order valence-electron chi connectivity index (χ3n) is 0.681. The molecule has 0 saturated heterocycles. The molecule has 0 atom stereocenters. The van der Waals surface area contributed by atoms with Crippen LogP contribution in [0.25, 0.3) is 0 Å². The second-order valence-corrected chi connectivity index (χ2v) is 1.36. The molecule has 0 fully saturated rings. The summed E-state index contributed by atoms with van der Waals surface area (Å²) in [5.41, 5.74) is -2.41. The molecule has 0 aliphatic carbocycles. The molecule has 8 nitrogen and oxygen atoms in total. The van der Waals surface area contributed by atoms with Crippen LogP contribution in [0.5, 0.6) is 0 Å². The van der Waals surface area contributed by atoms with Crippen LogP contribution < -0.4 is 46.6 Å². The van der Waals surface area contributed by atoms with Gasteiger partial charge in [0.15, 0.2) is 0 Å². The first kappa shape index (κ1) is 17.4. The quantitative estimate of drug-likeness (QED) is 0.346. The van der Waals surface area contributed by atoms with Gasteiger partial charge < -0.3 is 12.4 Å². The maximum atomic E-state index is 10.2. The van der Waals surface area contributed by atoms with Gasteiger partial charge in [-0.25, -0.2) is 14.4 Å². The summed E-state index contributed by atoms with van der Waals surface area (Å²) in [5, 5.41) is 0. The SMILES string of the molecule is O.O.O=c1[nH]c(=O)[nH]c(=O)[nH]1.[H-].[Na+]. The normalized spacial score (nSPS) is 7.00. The topological polar surface area (TPSA) is 162 Å². The Labute approximate surface area is 88.4 Å². The van der Waals surface area contributed by atoms with E-state index < -0.39 is 17.1 Å². The van der Waals surface area contributed by atoms with Gasteiger partial charge in [0, 0.05) is 0 Å². The zero-order valence-corrected chi connectivity index (χ0v) is 8.22. The van der Waals surface area contributed by atoms with Crippen molar-refractivity contribution in [2.24, 2.45) is 0 Å². The monoisotopic (exact) mass is 189 g/mol. The van der Waals surface area contributed by atoms with E-state index in [0.717, 1.165) is 0 Å². The van der Waals surface area contributed by atoms with Crippen LogP contribution >= 0.6 is 0 Å². The van der Waals surface area contributed by atoms with Crippen molar-refractivity contribution in [3.05, 3.63) is 31.5 Å². The summed E-state index contributed by atoms with van der Waals surface area (Å²) in [6.45, 7) is 0. The van der Waals surface area contributed by atoms with Gasteiger partial charge in [-0.1, -0.05) is 0 Å². The van der Waals surface area contributed by atoms with Gasteiger partial charge in [0.05, 0.1) is 0 Å². The fraction of sp³-hybridized carbons (Fsp3) is 0. The first-order valence-corrected chi connectivity index (χ1v) is 2.11. The predicted molar refractivity (Wildman–Crippen MR) is 36.6 cm³/mol. The van der Waals surface area contributed by atoms with E-state index in [2.05, 4.69) is 0 Å². The fourth-order valence-corrected chi connectivity index (χ4v) is 0.403. The molecule has 0 aliphatic rings. The molecule has 1 rings (SSSR count). The second-order valence-electron chi connectivity index (χ2n) is 1.36. The van der Waals surface area contributed by atoms with E-state index in [1.165, 1.54) is 0 Å². The standard InChI is InChI=1S/C3H3N3O3.Na.2H2O.H/c7-1-4-2(8)6-3(9)5-1;;;;/h(H3,4,5,6,7,8,9);;2*1H2;/q;+1;;;-1. The number of H-pyrrole nitrogens is 3. The third kappa shape index (κ3) is 5.04. The minimum Gasteiger partial charge on any atom is -1.00 e. The van der Waals surface area contributed by atoms with Gasteiger partial charge in [-0.3, -0.25) is 15.0 Å². The first-order chi connectivity index (χ1) is 4.18. The zero-order valence-electron chi connectivity index (χ0n) is 7.22. The van der Waals surface area contributed by atoms with Crippen LogP contribution in [0.1, 0.15) is 1.43 Å². The van der Waals surface area contributed by atoms with Crippen molar-refractivity contribution in [2.75, 3.05) is 0 Å². The van der Waals surface area contributed by atoms with Gasteiger partial charge in [0.25, 0.3) is 0 Å². The summed E-state index contributed by atoms with van der Waals surface area (Å²) in [7, 11) is 0. The van der Waals surface area contributed by atoms with Gasteiger partial charge in [-0.15, -0.1) is 0 Å². The molecule has 0 unspecified atom stereocenters. The Kier molecular flexibility index (Phi) is 10.2. The van der Waals surface area contributed by atoms with Crippen molar-refractivity contribution >= 4 is 0 Å². The first-order valence-electron chi connectivity index (χ1n) is 2.11. The van der Waals surface area contributed by atoms with Crippen molar-refractivity contribution in [1.82, 2.24) is 15.0 Å². The smallest absolute Gasteiger partial charge is 1.00 e. The van der Waals surface area contributed by atoms with Crippen LogP contribution in [0.2, 0.25) is 0 Å². The molecule has 9 heteroatoms. The number of aromatic amines is 3. The van der Waals surface area contributed by atoms with Crippen molar-refractivity contribution in [3.63, 3.8) is 0 Å². The van der Waals surface area contributed by atoms with Gasteiger partial charge in [-0.2, -0.15) is 0 Å². The number of hydrogen-bond acceptors (Lipinski definition) is 3. The molecule has 0 spiro atoms. The summed E-state index contributed by atoms with van der Waals surface area (Å²) in [6.07, 6.45) is 0. The van der Waals surface area contributed by atoms with E-state index in [-0.39, 0.29) is 41.9 Å². The van der Waals surface area contributed by atoms with E-state index in [4.69, 9.17) is 0 Å². The molecular formula is C3H8N3NaO5. The summed E-state index contributed by atoms with van der Waals surface area (Å²) in [6, 6.07) is 0. The van der Waals surface area contributed by atoms with E-state index in [9.17, 15) is 14.4 Å².